The Balaban J connectivity index is 2.56. The fourth-order valence-corrected chi connectivity index (χ4v) is 1.72. The number of halogens is 2. The lowest BCUT2D eigenvalue weighted by atomic mass is 10.0. The Kier molecular flexibility index (Phi) is 1.86. The molecule has 0 saturated heterocycles. The van der Waals surface area contributed by atoms with Crippen LogP contribution in [0.3, 0.4) is 0 Å². The first-order valence-corrected chi connectivity index (χ1v) is 4.59. The number of hydrogen-bond donors (Lipinski definition) is 1. The molecule has 0 bridgehead atoms. The molecule has 1 aliphatic rings. The van der Waals surface area contributed by atoms with Gasteiger partial charge < -0.3 is 5.11 Å². The summed E-state index contributed by atoms with van der Waals surface area (Å²) in [4.78, 5) is 0. The largest absolute Gasteiger partial charge is 0.385 e. The highest BCUT2D eigenvalue weighted by Gasteiger charge is 2.43. The highest BCUT2D eigenvalue weighted by molar-refractivity contribution is 6.31. The van der Waals surface area contributed by atoms with Gasteiger partial charge in [0.05, 0.1) is 5.60 Å². The Morgan fingerprint density at radius 1 is 1.46 bits per heavy atom. The topological polar surface area (TPSA) is 20.2 Å². The molecule has 0 aromatic heterocycles. The van der Waals surface area contributed by atoms with Crippen molar-refractivity contribution in [3.63, 3.8) is 0 Å². The standard InChI is InChI=1S/C10H10ClFO/c1-6-8(10(13)2-3-10)4-7(12)5-9(6)11/h4-5,13H,2-3H2,1H3. The van der Waals surface area contributed by atoms with Crippen molar-refractivity contribution in [1.82, 2.24) is 0 Å². The molecule has 3 heteroatoms. The van der Waals surface area contributed by atoms with Crippen LogP contribution in [0.5, 0.6) is 0 Å². The molecular formula is C10H10ClFO. The van der Waals surface area contributed by atoms with Crippen LogP contribution in [0.25, 0.3) is 0 Å². The molecule has 0 atom stereocenters. The highest BCUT2D eigenvalue weighted by Crippen LogP contribution is 2.47. The first-order chi connectivity index (χ1) is 6.03. The summed E-state index contributed by atoms with van der Waals surface area (Å²) in [5.74, 6) is -0.383. The van der Waals surface area contributed by atoms with Crippen LogP contribution < -0.4 is 0 Å². The van der Waals surface area contributed by atoms with E-state index in [1.165, 1.54) is 12.1 Å². The zero-order chi connectivity index (χ0) is 9.64. The van der Waals surface area contributed by atoms with Gasteiger partial charge in [0, 0.05) is 5.02 Å². The van der Waals surface area contributed by atoms with Crippen LogP contribution in [0.4, 0.5) is 4.39 Å². The van der Waals surface area contributed by atoms with Crippen LogP contribution in [-0.4, -0.2) is 5.11 Å². The second-order valence-corrected chi connectivity index (χ2v) is 4.00. The molecular weight excluding hydrogens is 191 g/mol. The van der Waals surface area contributed by atoms with Gasteiger partial charge in [0.25, 0.3) is 0 Å². The Bertz CT molecular complexity index is 358. The molecule has 1 aliphatic carbocycles. The summed E-state index contributed by atoms with van der Waals surface area (Å²) in [7, 11) is 0. The van der Waals surface area contributed by atoms with Crippen LogP contribution in [0.15, 0.2) is 12.1 Å². The summed E-state index contributed by atoms with van der Waals surface area (Å²) in [5, 5.41) is 10.2. The van der Waals surface area contributed by atoms with Crippen molar-refractivity contribution in [3.8, 4) is 0 Å². The van der Waals surface area contributed by atoms with Crippen LogP contribution in [0, 0.1) is 12.7 Å². The third-order valence-electron chi connectivity index (χ3n) is 2.53. The molecule has 0 radical (unpaired) electrons. The zero-order valence-electron chi connectivity index (χ0n) is 7.27. The minimum absolute atomic E-state index is 0.383. The monoisotopic (exact) mass is 200 g/mol. The van der Waals surface area contributed by atoms with E-state index in [0.717, 1.165) is 5.56 Å². The van der Waals surface area contributed by atoms with Gasteiger partial charge in [-0.2, -0.15) is 0 Å². The predicted molar refractivity (Wildman–Crippen MR) is 49.3 cm³/mol. The van der Waals surface area contributed by atoms with E-state index in [4.69, 9.17) is 11.6 Å². The van der Waals surface area contributed by atoms with Crippen molar-refractivity contribution in [2.45, 2.75) is 25.4 Å². The molecule has 0 aliphatic heterocycles. The zero-order valence-corrected chi connectivity index (χ0v) is 8.03. The van der Waals surface area contributed by atoms with Crippen LogP contribution in [0.1, 0.15) is 24.0 Å². The van der Waals surface area contributed by atoms with E-state index in [9.17, 15) is 9.50 Å². The number of benzene rings is 1. The van der Waals surface area contributed by atoms with Gasteiger partial charge in [-0.05, 0) is 43.0 Å². The van der Waals surface area contributed by atoms with Gasteiger partial charge in [0.1, 0.15) is 5.82 Å². The molecule has 1 fully saturated rings. The van der Waals surface area contributed by atoms with Crippen molar-refractivity contribution >= 4 is 11.6 Å². The third-order valence-corrected chi connectivity index (χ3v) is 2.93. The quantitative estimate of drug-likeness (QED) is 0.739. The van der Waals surface area contributed by atoms with Crippen molar-refractivity contribution < 1.29 is 9.50 Å². The normalized spacial score (nSPS) is 18.8. The summed E-state index contributed by atoms with van der Waals surface area (Å²) in [5.41, 5.74) is 0.607. The molecule has 0 spiro atoms. The molecule has 1 aromatic rings. The molecule has 2 rings (SSSR count). The van der Waals surface area contributed by atoms with Gasteiger partial charge in [-0.25, -0.2) is 4.39 Å². The first-order valence-electron chi connectivity index (χ1n) is 4.21. The molecule has 70 valence electrons. The third kappa shape index (κ3) is 1.45. The van der Waals surface area contributed by atoms with E-state index in [1.54, 1.807) is 6.92 Å². The van der Waals surface area contributed by atoms with Crippen LogP contribution in [-0.2, 0) is 5.60 Å². The summed E-state index contributed by atoms with van der Waals surface area (Å²) >= 11 is 5.80. The fraction of sp³-hybridized carbons (Fsp3) is 0.400. The maximum atomic E-state index is 13.0. The maximum Gasteiger partial charge on any atom is 0.125 e. The van der Waals surface area contributed by atoms with E-state index >= 15 is 0 Å². The average Bonchev–Trinajstić information content (AvgIpc) is 2.77. The van der Waals surface area contributed by atoms with E-state index < -0.39 is 5.60 Å². The van der Waals surface area contributed by atoms with Crippen molar-refractivity contribution in [3.05, 3.63) is 34.1 Å². The van der Waals surface area contributed by atoms with E-state index in [2.05, 4.69) is 0 Å². The Morgan fingerprint density at radius 2 is 2.08 bits per heavy atom. The van der Waals surface area contributed by atoms with Gasteiger partial charge in [-0.3, -0.25) is 0 Å². The van der Waals surface area contributed by atoms with Gasteiger partial charge in [-0.1, -0.05) is 11.6 Å². The second kappa shape index (κ2) is 2.69. The molecule has 0 unspecified atom stereocenters. The summed E-state index contributed by atoms with van der Waals surface area (Å²) in [6.45, 7) is 1.80. The van der Waals surface area contributed by atoms with E-state index in [1.807, 2.05) is 0 Å². The molecule has 1 saturated carbocycles. The lowest BCUT2D eigenvalue weighted by Crippen LogP contribution is -2.07. The predicted octanol–water partition coefficient (Wildman–Crippen LogP) is 2.77. The van der Waals surface area contributed by atoms with Crippen molar-refractivity contribution in [2.75, 3.05) is 0 Å². The van der Waals surface area contributed by atoms with Gasteiger partial charge >= 0.3 is 0 Å². The van der Waals surface area contributed by atoms with Gasteiger partial charge in [0.2, 0.25) is 0 Å². The van der Waals surface area contributed by atoms with Crippen molar-refractivity contribution in [1.29, 1.82) is 0 Å². The highest BCUT2D eigenvalue weighted by atomic mass is 35.5. The van der Waals surface area contributed by atoms with E-state index in [-0.39, 0.29) is 5.82 Å². The van der Waals surface area contributed by atoms with Crippen molar-refractivity contribution in [2.24, 2.45) is 0 Å². The smallest absolute Gasteiger partial charge is 0.125 e. The molecule has 0 heterocycles. The summed E-state index contributed by atoms with van der Waals surface area (Å²) < 4.78 is 13.0. The SMILES string of the molecule is Cc1c(Cl)cc(F)cc1C1(O)CC1. The number of aliphatic hydroxyl groups is 1. The maximum absolute atomic E-state index is 13.0. The number of rotatable bonds is 1. The Hall–Kier alpha value is -0.600. The van der Waals surface area contributed by atoms with Gasteiger partial charge in [0.15, 0.2) is 0 Å². The van der Waals surface area contributed by atoms with Crippen LogP contribution in [0.2, 0.25) is 5.02 Å². The molecule has 1 nitrogen and oxygen atoms in total. The molecule has 0 amide bonds. The van der Waals surface area contributed by atoms with Gasteiger partial charge in [-0.15, -0.1) is 0 Å². The van der Waals surface area contributed by atoms with E-state index in [0.29, 0.717) is 23.4 Å². The minimum Gasteiger partial charge on any atom is -0.385 e. The summed E-state index contributed by atoms with van der Waals surface area (Å²) in [6, 6.07) is 2.64. The molecule has 1 N–H and O–H groups in total. The molecule has 1 aromatic carbocycles. The lowest BCUT2D eigenvalue weighted by molar-refractivity contribution is 0.150. The first kappa shape index (κ1) is 8.97. The Labute approximate surface area is 81.1 Å². The fourth-order valence-electron chi connectivity index (χ4n) is 1.52. The minimum atomic E-state index is -0.810. The average molecular weight is 201 g/mol. The summed E-state index contributed by atoms with van der Waals surface area (Å²) in [6.07, 6.45) is 1.40. The van der Waals surface area contributed by atoms with Crippen LogP contribution >= 0.6 is 11.6 Å². The second-order valence-electron chi connectivity index (χ2n) is 3.59. The lowest BCUT2D eigenvalue weighted by Gasteiger charge is -2.12. The Morgan fingerprint density at radius 3 is 2.62 bits per heavy atom. The molecule has 13 heavy (non-hydrogen) atoms. The number of hydrogen-bond acceptors (Lipinski definition) is 1.